The largest absolute Gasteiger partial charge is 0.329 e. The third-order valence-corrected chi connectivity index (χ3v) is 5.50. The highest BCUT2D eigenvalue weighted by Gasteiger charge is 2.38. The van der Waals surface area contributed by atoms with Gasteiger partial charge in [-0.2, -0.15) is 0 Å². The molecule has 2 rings (SSSR count). The molecule has 1 saturated carbocycles. The van der Waals surface area contributed by atoms with Crippen LogP contribution in [0.3, 0.4) is 0 Å². The minimum Gasteiger partial charge on any atom is -0.329 e. The quantitative estimate of drug-likeness (QED) is 0.871. The average Bonchev–Trinajstić information content (AvgIpc) is 2.54. The van der Waals surface area contributed by atoms with Gasteiger partial charge in [0.25, 0.3) is 0 Å². The Kier molecular flexibility index (Phi) is 5.77. The fraction of sp³-hybridized carbons (Fsp3) is 0.722. The molecule has 0 atom stereocenters. The summed E-state index contributed by atoms with van der Waals surface area (Å²) < 4.78 is 0. The van der Waals surface area contributed by atoms with Crippen molar-refractivity contribution in [2.75, 3.05) is 13.1 Å². The summed E-state index contributed by atoms with van der Waals surface area (Å²) in [6, 6.07) is 4.17. The maximum absolute atomic E-state index is 6.23. The standard InChI is InChI=1S/C18H31N3/c1-4-16-8-10-18(14-19,11-9-16)21(5-2)13-17-15(3)7-6-12-20-17/h6-7,12,16H,4-5,8-11,13-14,19H2,1-3H3. The van der Waals surface area contributed by atoms with Crippen LogP contribution in [0, 0.1) is 12.8 Å². The molecule has 21 heavy (non-hydrogen) atoms. The van der Waals surface area contributed by atoms with E-state index in [4.69, 9.17) is 5.73 Å². The fourth-order valence-corrected chi connectivity index (χ4v) is 3.75. The summed E-state index contributed by atoms with van der Waals surface area (Å²) in [6.07, 6.45) is 8.34. The second kappa shape index (κ2) is 7.37. The smallest absolute Gasteiger partial charge is 0.0573 e. The van der Waals surface area contributed by atoms with Gasteiger partial charge in [-0.1, -0.05) is 26.3 Å². The molecule has 0 unspecified atom stereocenters. The van der Waals surface area contributed by atoms with Gasteiger partial charge in [0.05, 0.1) is 5.69 Å². The first kappa shape index (κ1) is 16.4. The van der Waals surface area contributed by atoms with Crippen molar-refractivity contribution in [2.24, 2.45) is 11.7 Å². The summed E-state index contributed by atoms with van der Waals surface area (Å²) in [5.41, 5.74) is 8.90. The number of nitrogens with two attached hydrogens (primary N) is 1. The molecule has 0 aliphatic heterocycles. The number of aryl methyl sites for hydroxylation is 1. The Hall–Kier alpha value is -0.930. The molecule has 1 heterocycles. The molecule has 1 fully saturated rings. The summed E-state index contributed by atoms with van der Waals surface area (Å²) in [7, 11) is 0. The number of likely N-dealkylation sites (N-methyl/N-ethyl adjacent to an activating group) is 1. The van der Waals surface area contributed by atoms with Gasteiger partial charge in [0.15, 0.2) is 0 Å². The van der Waals surface area contributed by atoms with Crippen molar-refractivity contribution in [1.29, 1.82) is 0 Å². The van der Waals surface area contributed by atoms with Crippen molar-refractivity contribution in [1.82, 2.24) is 9.88 Å². The molecule has 2 N–H and O–H groups in total. The van der Waals surface area contributed by atoms with Crippen LogP contribution >= 0.6 is 0 Å². The normalized spacial score (nSPS) is 26.2. The van der Waals surface area contributed by atoms with E-state index in [0.29, 0.717) is 0 Å². The van der Waals surface area contributed by atoms with Crippen molar-refractivity contribution in [2.45, 2.75) is 65.0 Å². The summed E-state index contributed by atoms with van der Waals surface area (Å²) in [5, 5.41) is 0. The van der Waals surface area contributed by atoms with Crippen LogP contribution in [-0.4, -0.2) is 28.5 Å². The zero-order chi connectivity index (χ0) is 15.3. The van der Waals surface area contributed by atoms with Crippen molar-refractivity contribution in [3.63, 3.8) is 0 Å². The SMILES string of the molecule is CCC1CCC(CN)(N(CC)Cc2ncccc2C)CC1. The monoisotopic (exact) mass is 289 g/mol. The first-order valence-electron chi connectivity index (χ1n) is 8.50. The summed E-state index contributed by atoms with van der Waals surface area (Å²) >= 11 is 0. The van der Waals surface area contributed by atoms with Gasteiger partial charge in [0.1, 0.15) is 0 Å². The molecule has 1 aliphatic rings. The molecular weight excluding hydrogens is 258 g/mol. The van der Waals surface area contributed by atoms with E-state index >= 15 is 0 Å². The van der Waals surface area contributed by atoms with Gasteiger partial charge in [-0.3, -0.25) is 9.88 Å². The molecule has 0 amide bonds. The van der Waals surface area contributed by atoms with E-state index in [1.165, 1.54) is 43.4 Å². The van der Waals surface area contributed by atoms with Gasteiger partial charge in [0.2, 0.25) is 0 Å². The Morgan fingerprint density at radius 3 is 2.57 bits per heavy atom. The first-order valence-corrected chi connectivity index (χ1v) is 8.50. The number of hydrogen-bond acceptors (Lipinski definition) is 3. The van der Waals surface area contributed by atoms with Gasteiger partial charge in [0, 0.05) is 24.8 Å². The highest BCUT2D eigenvalue weighted by Crippen LogP contribution is 2.37. The maximum atomic E-state index is 6.23. The molecule has 1 aliphatic carbocycles. The molecule has 3 nitrogen and oxygen atoms in total. The lowest BCUT2D eigenvalue weighted by Crippen LogP contribution is -2.55. The van der Waals surface area contributed by atoms with E-state index in [0.717, 1.165) is 25.6 Å². The topological polar surface area (TPSA) is 42.1 Å². The lowest BCUT2D eigenvalue weighted by atomic mass is 9.74. The van der Waals surface area contributed by atoms with E-state index < -0.39 is 0 Å². The number of hydrogen-bond donors (Lipinski definition) is 1. The van der Waals surface area contributed by atoms with E-state index in [-0.39, 0.29) is 5.54 Å². The molecule has 0 aromatic carbocycles. The van der Waals surface area contributed by atoms with Gasteiger partial charge in [-0.05, 0) is 56.7 Å². The van der Waals surface area contributed by atoms with Crippen LogP contribution in [0.1, 0.15) is 57.2 Å². The Balaban J connectivity index is 2.13. The number of aromatic nitrogens is 1. The molecule has 0 bridgehead atoms. The van der Waals surface area contributed by atoms with Crippen LogP contribution in [0.5, 0.6) is 0 Å². The number of nitrogens with zero attached hydrogens (tertiary/aromatic N) is 2. The van der Waals surface area contributed by atoms with Crippen LogP contribution in [0.15, 0.2) is 18.3 Å². The molecule has 0 radical (unpaired) electrons. The summed E-state index contributed by atoms with van der Waals surface area (Å²) in [4.78, 5) is 7.15. The fourth-order valence-electron chi connectivity index (χ4n) is 3.75. The van der Waals surface area contributed by atoms with Crippen molar-refractivity contribution in [3.05, 3.63) is 29.6 Å². The maximum Gasteiger partial charge on any atom is 0.0573 e. The summed E-state index contributed by atoms with van der Waals surface area (Å²) in [5.74, 6) is 0.903. The van der Waals surface area contributed by atoms with Gasteiger partial charge >= 0.3 is 0 Å². The van der Waals surface area contributed by atoms with E-state index in [1.807, 2.05) is 12.3 Å². The predicted octanol–water partition coefficient (Wildman–Crippen LogP) is 3.51. The van der Waals surface area contributed by atoms with Crippen LogP contribution in [0.4, 0.5) is 0 Å². The Bertz CT molecular complexity index is 436. The number of pyridine rings is 1. The first-order chi connectivity index (χ1) is 10.1. The lowest BCUT2D eigenvalue weighted by Gasteiger charge is -2.47. The molecule has 118 valence electrons. The van der Waals surface area contributed by atoms with Crippen molar-refractivity contribution < 1.29 is 0 Å². The van der Waals surface area contributed by atoms with Crippen LogP contribution in [0.25, 0.3) is 0 Å². The van der Waals surface area contributed by atoms with Gasteiger partial charge in [-0.25, -0.2) is 0 Å². The average molecular weight is 289 g/mol. The van der Waals surface area contributed by atoms with Crippen molar-refractivity contribution in [3.8, 4) is 0 Å². The molecule has 3 heteroatoms. The van der Waals surface area contributed by atoms with Gasteiger partial charge < -0.3 is 5.73 Å². The Labute approximate surface area is 129 Å². The Morgan fingerprint density at radius 2 is 2.05 bits per heavy atom. The van der Waals surface area contributed by atoms with E-state index in [1.54, 1.807) is 0 Å². The third kappa shape index (κ3) is 3.64. The third-order valence-electron chi connectivity index (χ3n) is 5.50. The van der Waals surface area contributed by atoms with Crippen molar-refractivity contribution >= 4 is 0 Å². The minimum absolute atomic E-state index is 0.185. The molecule has 1 aromatic heterocycles. The van der Waals surface area contributed by atoms with Crippen LogP contribution in [0.2, 0.25) is 0 Å². The molecule has 0 saturated heterocycles. The van der Waals surface area contributed by atoms with Crippen LogP contribution < -0.4 is 5.73 Å². The zero-order valence-electron chi connectivity index (χ0n) is 13.9. The molecular formula is C18H31N3. The highest BCUT2D eigenvalue weighted by molar-refractivity contribution is 5.18. The second-order valence-corrected chi connectivity index (χ2v) is 6.56. The Morgan fingerprint density at radius 1 is 1.33 bits per heavy atom. The zero-order valence-corrected chi connectivity index (χ0v) is 13.9. The molecule has 1 aromatic rings. The van der Waals surface area contributed by atoms with Crippen LogP contribution in [-0.2, 0) is 6.54 Å². The highest BCUT2D eigenvalue weighted by atomic mass is 15.2. The molecule has 0 spiro atoms. The predicted molar refractivity (Wildman–Crippen MR) is 89.1 cm³/mol. The summed E-state index contributed by atoms with van der Waals surface area (Å²) in [6.45, 7) is 9.46. The lowest BCUT2D eigenvalue weighted by molar-refractivity contribution is 0.0381. The minimum atomic E-state index is 0.185. The van der Waals surface area contributed by atoms with Gasteiger partial charge in [-0.15, -0.1) is 0 Å². The van der Waals surface area contributed by atoms with E-state index in [9.17, 15) is 0 Å². The number of rotatable bonds is 6. The second-order valence-electron chi connectivity index (χ2n) is 6.56. The van der Waals surface area contributed by atoms with E-state index in [2.05, 4.69) is 36.7 Å².